The van der Waals surface area contributed by atoms with Crippen LogP contribution < -0.4 is 5.32 Å². The third-order valence-corrected chi connectivity index (χ3v) is 1.73. The molecule has 2 heterocycles. The van der Waals surface area contributed by atoms with Gasteiger partial charge in [0.25, 0.3) is 0 Å². The molecular weight excluding hydrogens is 180 g/mol. The fourth-order valence-corrected chi connectivity index (χ4v) is 1.07. The number of pyridine rings is 1. The van der Waals surface area contributed by atoms with E-state index in [-0.39, 0.29) is 5.88 Å². The van der Waals surface area contributed by atoms with Gasteiger partial charge in [-0.1, -0.05) is 6.07 Å². The first-order valence-corrected chi connectivity index (χ1v) is 4.20. The molecular formula is C9H10N4O. The summed E-state index contributed by atoms with van der Waals surface area (Å²) in [4.78, 5) is 7.78. The molecule has 0 spiro atoms. The lowest BCUT2D eigenvalue weighted by atomic mass is 10.5. The predicted octanol–water partition coefficient (Wildman–Crippen LogP) is 1.05. The van der Waals surface area contributed by atoms with Crippen molar-refractivity contribution in [1.29, 1.82) is 0 Å². The Morgan fingerprint density at radius 3 is 2.93 bits per heavy atom. The highest BCUT2D eigenvalue weighted by molar-refractivity contribution is 5.32. The second-order valence-electron chi connectivity index (χ2n) is 2.80. The molecule has 0 fully saturated rings. The number of hydrogen-bond acceptors (Lipinski definition) is 4. The van der Waals surface area contributed by atoms with Gasteiger partial charge in [-0.3, -0.25) is 0 Å². The van der Waals surface area contributed by atoms with Crippen molar-refractivity contribution in [2.45, 2.75) is 6.67 Å². The zero-order valence-electron chi connectivity index (χ0n) is 7.46. The number of nitrogens with one attached hydrogen (secondary N) is 1. The van der Waals surface area contributed by atoms with Crippen LogP contribution in [0.15, 0.2) is 36.9 Å². The number of imidazole rings is 1. The minimum absolute atomic E-state index is 0.0211. The summed E-state index contributed by atoms with van der Waals surface area (Å²) in [5, 5.41) is 12.0. The molecule has 0 atom stereocenters. The van der Waals surface area contributed by atoms with E-state index >= 15 is 0 Å². The smallest absolute Gasteiger partial charge is 0.229 e. The second kappa shape index (κ2) is 3.78. The Labute approximate surface area is 81.1 Å². The summed E-state index contributed by atoms with van der Waals surface area (Å²) in [5.41, 5.74) is 0. The third-order valence-electron chi connectivity index (χ3n) is 1.73. The quantitative estimate of drug-likeness (QED) is 0.759. The lowest BCUT2D eigenvalue weighted by molar-refractivity contribution is 0.455. The molecule has 0 aliphatic carbocycles. The Bertz CT molecular complexity index is 398. The molecule has 0 radical (unpaired) electrons. The van der Waals surface area contributed by atoms with Crippen LogP contribution in [0.2, 0.25) is 0 Å². The topological polar surface area (TPSA) is 63.0 Å². The summed E-state index contributed by atoms with van der Waals surface area (Å²) in [6, 6.07) is 5.63. The van der Waals surface area contributed by atoms with E-state index in [1.54, 1.807) is 17.1 Å². The van der Waals surface area contributed by atoms with E-state index in [0.717, 1.165) is 5.82 Å². The zero-order valence-corrected chi connectivity index (χ0v) is 7.46. The summed E-state index contributed by atoms with van der Waals surface area (Å²) >= 11 is 0. The van der Waals surface area contributed by atoms with Crippen LogP contribution in [0.1, 0.15) is 0 Å². The molecule has 2 rings (SSSR count). The average Bonchev–Trinajstić information content (AvgIpc) is 2.63. The van der Waals surface area contributed by atoms with E-state index in [4.69, 9.17) is 5.11 Å². The Morgan fingerprint density at radius 1 is 1.36 bits per heavy atom. The van der Waals surface area contributed by atoms with Crippen molar-refractivity contribution in [1.82, 2.24) is 14.5 Å². The van der Waals surface area contributed by atoms with Gasteiger partial charge in [0.15, 0.2) is 0 Å². The molecule has 2 aromatic rings. The van der Waals surface area contributed by atoms with Gasteiger partial charge >= 0.3 is 0 Å². The number of aromatic hydroxyl groups is 1. The molecule has 0 aliphatic heterocycles. The lowest BCUT2D eigenvalue weighted by Gasteiger charge is -2.04. The zero-order chi connectivity index (χ0) is 9.80. The molecule has 2 N–H and O–H groups in total. The molecule has 72 valence electrons. The first kappa shape index (κ1) is 8.55. The van der Waals surface area contributed by atoms with Gasteiger partial charge in [0.1, 0.15) is 12.1 Å². The van der Waals surface area contributed by atoms with Crippen LogP contribution in [-0.4, -0.2) is 19.6 Å². The number of nitrogens with zero attached hydrogens (tertiary/aromatic N) is 3. The van der Waals surface area contributed by atoms with Crippen molar-refractivity contribution in [2.24, 2.45) is 0 Å². The summed E-state index contributed by atoms with van der Waals surface area (Å²) in [6.07, 6.45) is 4.80. The number of aromatic nitrogens is 3. The van der Waals surface area contributed by atoms with E-state index in [9.17, 15) is 0 Å². The third kappa shape index (κ3) is 2.01. The summed E-state index contributed by atoms with van der Waals surface area (Å²) in [5.74, 6) is 0.813. The molecule has 2 aromatic heterocycles. The van der Waals surface area contributed by atoms with Gasteiger partial charge in [-0.25, -0.2) is 9.97 Å². The molecule has 0 saturated carbocycles. The van der Waals surface area contributed by atoms with Crippen molar-refractivity contribution in [3.8, 4) is 5.88 Å². The van der Waals surface area contributed by atoms with Gasteiger partial charge in [-0.2, -0.15) is 0 Å². The molecule has 14 heavy (non-hydrogen) atoms. The highest BCUT2D eigenvalue weighted by Gasteiger charge is 1.95. The first-order chi connectivity index (χ1) is 6.84. The molecule has 0 bridgehead atoms. The monoisotopic (exact) mass is 190 g/mol. The fourth-order valence-electron chi connectivity index (χ4n) is 1.07. The Hall–Kier alpha value is -2.04. The highest BCUT2D eigenvalue weighted by atomic mass is 16.3. The van der Waals surface area contributed by atoms with Gasteiger partial charge < -0.3 is 15.0 Å². The molecule has 5 nitrogen and oxygen atoms in total. The standard InChI is InChI=1S/C9H10N4O/c14-9-5-13(7-12-9)6-11-8-3-1-2-4-10-8/h1-5,7,14H,6H2,(H,10,11). The van der Waals surface area contributed by atoms with Crippen molar-refractivity contribution in [2.75, 3.05) is 5.32 Å². The first-order valence-electron chi connectivity index (χ1n) is 4.20. The van der Waals surface area contributed by atoms with Crippen LogP contribution in [0, 0.1) is 0 Å². The normalized spacial score (nSPS) is 10.0. The van der Waals surface area contributed by atoms with Crippen molar-refractivity contribution >= 4 is 5.82 Å². The number of anilines is 1. The molecule has 0 aliphatic rings. The van der Waals surface area contributed by atoms with E-state index in [1.165, 1.54) is 6.20 Å². The average molecular weight is 190 g/mol. The van der Waals surface area contributed by atoms with Crippen LogP contribution in [0.3, 0.4) is 0 Å². The van der Waals surface area contributed by atoms with Crippen LogP contribution in [-0.2, 0) is 6.67 Å². The summed E-state index contributed by atoms with van der Waals surface area (Å²) < 4.78 is 1.73. The number of rotatable bonds is 3. The summed E-state index contributed by atoms with van der Waals surface area (Å²) in [7, 11) is 0. The van der Waals surface area contributed by atoms with Crippen molar-refractivity contribution in [3.63, 3.8) is 0 Å². The Morgan fingerprint density at radius 2 is 2.29 bits per heavy atom. The SMILES string of the molecule is Oc1cn(CNc2ccccn2)cn1. The maximum atomic E-state index is 8.97. The lowest BCUT2D eigenvalue weighted by Crippen LogP contribution is -2.06. The van der Waals surface area contributed by atoms with Crippen LogP contribution in [0.5, 0.6) is 5.88 Å². The van der Waals surface area contributed by atoms with E-state index in [2.05, 4.69) is 15.3 Å². The van der Waals surface area contributed by atoms with E-state index < -0.39 is 0 Å². The number of hydrogen-bond donors (Lipinski definition) is 2. The summed E-state index contributed by atoms with van der Waals surface area (Å²) in [6.45, 7) is 0.532. The highest BCUT2D eigenvalue weighted by Crippen LogP contribution is 2.04. The molecule has 0 unspecified atom stereocenters. The second-order valence-corrected chi connectivity index (χ2v) is 2.80. The van der Waals surface area contributed by atoms with Crippen LogP contribution in [0.25, 0.3) is 0 Å². The van der Waals surface area contributed by atoms with Gasteiger partial charge in [-0.05, 0) is 12.1 Å². The van der Waals surface area contributed by atoms with Gasteiger partial charge in [0, 0.05) is 6.20 Å². The Balaban J connectivity index is 1.95. The van der Waals surface area contributed by atoms with Crippen LogP contribution in [0.4, 0.5) is 5.82 Å². The van der Waals surface area contributed by atoms with Gasteiger partial charge in [0.05, 0.1) is 12.9 Å². The minimum Gasteiger partial charge on any atom is -0.492 e. The van der Waals surface area contributed by atoms with Crippen molar-refractivity contribution < 1.29 is 5.11 Å². The maximum Gasteiger partial charge on any atom is 0.229 e. The van der Waals surface area contributed by atoms with Gasteiger partial charge in [-0.15, -0.1) is 0 Å². The molecule has 0 aromatic carbocycles. The molecule has 5 heteroatoms. The molecule has 0 saturated heterocycles. The largest absolute Gasteiger partial charge is 0.492 e. The van der Waals surface area contributed by atoms with E-state index in [0.29, 0.717) is 6.67 Å². The fraction of sp³-hybridized carbons (Fsp3) is 0.111. The minimum atomic E-state index is 0.0211. The van der Waals surface area contributed by atoms with Crippen LogP contribution >= 0.6 is 0 Å². The molecule has 0 amide bonds. The van der Waals surface area contributed by atoms with E-state index in [1.807, 2.05) is 18.2 Å². The van der Waals surface area contributed by atoms with Crippen molar-refractivity contribution in [3.05, 3.63) is 36.9 Å². The Kier molecular flexibility index (Phi) is 2.31. The van der Waals surface area contributed by atoms with Gasteiger partial charge in [0.2, 0.25) is 5.88 Å². The maximum absolute atomic E-state index is 8.97. The predicted molar refractivity (Wildman–Crippen MR) is 51.8 cm³/mol.